The monoisotopic (exact) mass is 634 g/mol. The smallest absolute Gasteiger partial charge is 0.489 e. The zero-order valence-corrected chi connectivity index (χ0v) is 26.6. The second-order valence-corrected chi connectivity index (χ2v) is 13.3. The van der Waals surface area contributed by atoms with Gasteiger partial charge >= 0.3 is 18.4 Å². The Kier molecular flexibility index (Phi) is 9.94. The van der Waals surface area contributed by atoms with Crippen molar-refractivity contribution < 1.29 is 46.5 Å². The number of esters is 1. The molecule has 0 unspecified atom stereocenters. The number of benzene rings is 2. The van der Waals surface area contributed by atoms with Crippen LogP contribution in [0.3, 0.4) is 0 Å². The van der Waals surface area contributed by atoms with Gasteiger partial charge in [-0.2, -0.15) is 0 Å². The molecule has 4 rings (SSSR count). The molecule has 246 valence electrons. The van der Waals surface area contributed by atoms with Gasteiger partial charge in [0.25, 0.3) is 0 Å². The molecular formula is C33H41F3N2O7. The molecule has 2 aliphatic rings. The van der Waals surface area contributed by atoms with Gasteiger partial charge < -0.3 is 23.8 Å². The minimum atomic E-state index is -4.78. The van der Waals surface area contributed by atoms with E-state index in [2.05, 4.69) is 4.74 Å². The fourth-order valence-corrected chi connectivity index (χ4v) is 4.94. The van der Waals surface area contributed by atoms with E-state index < -0.39 is 29.6 Å². The Bertz CT molecular complexity index is 1410. The molecule has 9 nitrogen and oxygen atoms in total. The number of carbonyl (C=O) groups is 3. The number of carbonyl (C=O) groups excluding carboxylic acids is 3. The van der Waals surface area contributed by atoms with Crippen LogP contribution in [0.4, 0.5) is 23.7 Å². The maximum absolute atomic E-state index is 13.4. The van der Waals surface area contributed by atoms with E-state index in [-0.39, 0.29) is 43.7 Å². The van der Waals surface area contributed by atoms with Gasteiger partial charge in [0, 0.05) is 18.8 Å². The van der Waals surface area contributed by atoms with Crippen LogP contribution in [0.25, 0.3) is 0 Å². The lowest BCUT2D eigenvalue weighted by Gasteiger charge is -2.29. The lowest BCUT2D eigenvalue weighted by molar-refractivity contribution is -0.274. The number of halogens is 3. The van der Waals surface area contributed by atoms with Gasteiger partial charge in [-0.25, -0.2) is 4.79 Å². The molecule has 1 fully saturated rings. The van der Waals surface area contributed by atoms with E-state index in [9.17, 15) is 27.6 Å². The Morgan fingerprint density at radius 1 is 0.933 bits per heavy atom. The summed E-state index contributed by atoms with van der Waals surface area (Å²) in [5.74, 6) is -0.446. The molecular weight excluding hydrogens is 593 g/mol. The number of rotatable bonds is 10. The average Bonchev–Trinajstić information content (AvgIpc) is 3.65. The molecule has 0 atom stereocenters. The molecule has 1 aliphatic heterocycles. The maximum Gasteiger partial charge on any atom is 0.573 e. The summed E-state index contributed by atoms with van der Waals surface area (Å²) < 4.78 is 59.9. The number of alkyl halides is 3. The standard InChI is InChI=1S/C33H41F3N2O7/c1-31(2,3)44-29(40)14-15-37(30(41)45-32(4,5)6)19-28(39)38-16-13-23-18-24(10-12-26(23)38)42-20-21-7-11-25(22-8-9-22)27(17-21)43-33(34,35)36/h7,10-12,17-18,22H,8-9,13-16,19-20H2,1-6H3. The fourth-order valence-electron chi connectivity index (χ4n) is 4.94. The van der Waals surface area contributed by atoms with Crippen molar-refractivity contribution in [3.8, 4) is 11.5 Å². The van der Waals surface area contributed by atoms with Crippen LogP contribution in [-0.4, -0.2) is 60.1 Å². The Morgan fingerprint density at radius 2 is 1.62 bits per heavy atom. The Balaban J connectivity index is 1.40. The first-order valence-corrected chi connectivity index (χ1v) is 15.0. The summed E-state index contributed by atoms with van der Waals surface area (Å²) >= 11 is 0. The van der Waals surface area contributed by atoms with Gasteiger partial charge in [-0.3, -0.25) is 14.5 Å². The van der Waals surface area contributed by atoms with Crippen LogP contribution in [0.5, 0.6) is 11.5 Å². The molecule has 0 N–H and O–H groups in total. The van der Waals surface area contributed by atoms with Crippen LogP contribution in [-0.2, 0) is 32.1 Å². The molecule has 1 saturated carbocycles. The van der Waals surface area contributed by atoms with Crippen molar-refractivity contribution in [3.63, 3.8) is 0 Å². The highest BCUT2D eigenvalue weighted by Crippen LogP contribution is 2.45. The topological polar surface area (TPSA) is 94.6 Å². The molecule has 0 aromatic heterocycles. The Labute approximate surface area is 261 Å². The van der Waals surface area contributed by atoms with Crippen LogP contribution < -0.4 is 14.4 Å². The van der Waals surface area contributed by atoms with Crippen molar-refractivity contribution in [2.75, 3.05) is 24.5 Å². The highest BCUT2D eigenvalue weighted by molar-refractivity contribution is 5.98. The Morgan fingerprint density at radius 3 is 2.24 bits per heavy atom. The molecule has 0 radical (unpaired) electrons. The van der Waals surface area contributed by atoms with Crippen molar-refractivity contribution >= 4 is 23.7 Å². The first-order chi connectivity index (χ1) is 20.9. The molecule has 1 heterocycles. The highest BCUT2D eigenvalue weighted by Gasteiger charge is 2.35. The summed E-state index contributed by atoms with van der Waals surface area (Å²) in [7, 11) is 0. The van der Waals surface area contributed by atoms with Crippen LogP contribution >= 0.6 is 0 Å². The van der Waals surface area contributed by atoms with Gasteiger partial charge in [0.2, 0.25) is 5.91 Å². The van der Waals surface area contributed by atoms with Crippen LogP contribution in [0.15, 0.2) is 36.4 Å². The lowest BCUT2D eigenvalue weighted by atomic mass is 10.1. The zero-order chi connectivity index (χ0) is 33.2. The minimum Gasteiger partial charge on any atom is -0.489 e. The number of fused-ring (bicyclic) bond motifs is 1. The third-order valence-electron chi connectivity index (χ3n) is 6.96. The summed E-state index contributed by atoms with van der Waals surface area (Å²) in [6, 6.07) is 9.99. The number of hydrogen-bond acceptors (Lipinski definition) is 7. The first kappa shape index (κ1) is 33.9. The first-order valence-electron chi connectivity index (χ1n) is 15.0. The van der Waals surface area contributed by atoms with E-state index in [1.165, 1.54) is 11.0 Å². The third kappa shape index (κ3) is 10.3. The number of anilines is 1. The second kappa shape index (κ2) is 13.2. The van der Waals surface area contributed by atoms with Gasteiger partial charge in [-0.15, -0.1) is 13.2 Å². The van der Waals surface area contributed by atoms with Crippen LogP contribution in [0.1, 0.15) is 83.4 Å². The number of nitrogens with zero attached hydrogens (tertiary/aromatic N) is 2. The summed E-state index contributed by atoms with van der Waals surface area (Å²) in [5, 5.41) is 0. The molecule has 2 amide bonds. The zero-order valence-electron chi connectivity index (χ0n) is 26.6. The molecule has 2 aromatic rings. The summed E-state index contributed by atoms with van der Waals surface area (Å²) in [4.78, 5) is 41.4. The molecule has 2 aromatic carbocycles. The fraction of sp³-hybridized carbons (Fsp3) is 0.545. The highest BCUT2D eigenvalue weighted by atomic mass is 19.4. The molecule has 12 heteroatoms. The molecule has 0 bridgehead atoms. The number of ether oxygens (including phenoxy) is 4. The number of hydrogen-bond donors (Lipinski definition) is 0. The third-order valence-corrected chi connectivity index (χ3v) is 6.96. The predicted octanol–water partition coefficient (Wildman–Crippen LogP) is 6.90. The molecule has 45 heavy (non-hydrogen) atoms. The molecule has 0 spiro atoms. The second-order valence-electron chi connectivity index (χ2n) is 13.3. The van der Waals surface area contributed by atoms with E-state index in [0.717, 1.165) is 18.4 Å². The van der Waals surface area contributed by atoms with Gasteiger partial charge in [-0.1, -0.05) is 12.1 Å². The largest absolute Gasteiger partial charge is 0.573 e. The maximum atomic E-state index is 13.4. The van der Waals surface area contributed by atoms with Gasteiger partial charge in [0.1, 0.15) is 35.9 Å². The predicted molar refractivity (Wildman–Crippen MR) is 160 cm³/mol. The van der Waals surface area contributed by atoms with Crippen molar-refractivity contribution in [2.24, 2.45) is 0 Å². The van der Waals surface area contributed by atoms with Crippen LogP contribution in [0.2, 0.25) is 0 Å². The van der Waals surface area contributed by atoms with E-state index >= 15 is 0 Å². The molecule has 0 saturated heterocycles. The van der Waals surface area contributed by atoms with Gasteiger partial charge in [0.15, 0.2) is 0 Å². The number of amides is 2. The lowest BCUT2D eigenvalue weighted by Crippen LogP contribution is -2.45. The van der Waals surface area contributed by atoms with E-state index in [1.54, 1.807) is 76.8 Å². The molecule has 1 aliphatic carbocycles. The quantitative estimate of drug-likeness (QED) is 0.263. The average molecular weight is 635 g/mol. The van der Waals surface area contributed by atoms with E-state index in [4.69, 9.17) is 14.2 Å². The minimum absolute atomic E-state index is 0.0308. The summed E-state index contributed by atoms with van der Waals surface area (Å²) in [6.07, 6.45) is -3.38. The van der Waals surface area contributed by atoms with Crippen molar-refractivity contribution in [1.82, 2.24) is 4.90 Å². The van der Waals surface area contributed by atoms with E-state index in [1.807, 2.05) is 0 Å². The SMILES string of the molecule is CC(C)(C)OC(=O)CCN(CC(=O)N1CCc2cc(OCc3ccc(C4CC4)c(OC(F)(F)F)c3)ccc21)C(=O)OC(C)(C)C. The Hall–Kier alpha value is -3.96. The van der Waals surface area contributed by atoms with E-state index in [0.29, 0.717) is 35.5 Å². The van der Waals surface area contributed by atoms with Crippen molar-refractivity contribution in [3.05, 3.63) is 53.1 Å². The summed E-state index contributed by atoms with van der Waals surface area (Å²) in [6.45, 7) is 10.4. The van der Waals surface area contributed by atoms with Gasteiger partial charge in [-0.05, 0) is 108 Å². The van der Waals surface area contributed by atoms with Gasteiger partial charge in [0.05, 0.1) is 6.42 Å². The van der Waals surface area contributed by atoms with Crippen molar-refractivity contribution in [1.29, 1.82) is 0 Å². The van der Waals surface area contributed by atoms with Crippen molar-refractivity contribution in [2.45, 2.75) is 97.3 Å². The summed E-state index contributed by atoms with van der Waals surface area (Å²) in [5.41, 5.74) is 1.11. The normalized spacial score (nSPS) is 14.9. The van der Waals surface area contributed by atoms with Crippen LogP contribution in [0, 0.1) is 0 Å².